The third kappa shape index (κ3) is 6.33. The van der Waals surface area contributed by atoms with Crippen molar-refractivity contribution in [3.05, 3.63) is 64.6 Å². The largest absolute Gasteiger partial charge is 0.476 e. The first kappa shape index (κ1) is 27.8. The quantitative estimate of drug-likeness (QED) is 0.389. The van der Waals surface area contributed by atoms with Crippen molar-refractivity contribution in [1.82, 2.24) is 14.5 Å². The van der Waals surface area contributed by atoms with Gasteiger partial charge in [-0.05, 0) is 83.5 Å². The Kier molecular flexibility index (Phi) is 7.75. The topological polar surface area (TPSA) is 140 Å². The third-order valence-corrected chi connectivity index (χ3v) is 6.97. The first-order chi connectivity index (χ1) is 17.1. The van der Waals surface area contributed by atoms with Crippen molar-refractivity contribution in [2.45, 2.75) is 58.5 Å². The monoisotopic (exact) mass is 532 g/mol. The second-order valence-corrected chi connectivity index (χ2v) is 11.1. The SMILES string of the molecule is CCn1nc(C(=O)O)c(C)c1Oc1ccc(NC(=O)c2ccc(F)c(C)c2)cc1S(=O)(=O)NC(C)(C)C. The first-order valence-electron chi connectivity index (χ1n) is 11.4. The highest BCUT2D eigenvalue weighted by molar-refractivity contribution is 7.89. The molecule has 0 aliphatic rings. The number of nitrogens with one attached hydrogen (secondary N) is 2. The van der Waals surface area contributed by atoms with E-state index < -0.39 is 33.3 Å². The molecule has 198 valence electrons. The van der Waals surface area contributed by atoms with Gasteiger partial charge >= 0.3 is 5.97 Å². The number of halogens is 1. The maximum atomic E-state index is 13.6. The van der Waals surface area contributed by atoms with E-state index >= 15 is 0 Å². The van der Waals surface area contributed by atoms with Crippen LogP contribution in [-0.2, 0) is 16.6 Å². The Balaban J connectivity index is 2.07. The number of benzene rings is 2. The van der Waals surface area contributed by atoms with Gasteiger partial charge in [-0.2, -0.15) is 5.10 Å². The summed E-state index contributed by atoms with van der Waals surface area (Å²) in [7, 11) is -4.17. The molecule has 12 heteroatoms. The maximum absolute atomic E-state index is 13.6. The standard InChI is InChI=1S/C25H29FN4O6S/c1-7-30-23(15(3)21(28-30)24(32)33)36-19-11-9-17(13-20(19)37(34,35)29-25(4,5)6)27-22(31)16-8-10-18(26)14(2)12-16/h8-13,29H,7H2,1-6H3,(H,27,31)(H,32,33). The Hall–Kier alpha value is -3.77. The number of aryl methyl sites for hydroxylation is 2. The molecule has 0 bridgehead atoms. The van der Waals surface area contributed by atoms with Gasteiger partial charge in [0, 0.05) is 28.9 Å². The number of nitrogens with zero attached hydrogens (tertiary/aromatic N) is 2. The van der Waals surface area contributed by atoms with E-state index in [-0.39, 0.29) is 51.1 Å². The van der Waals surface area contributed by atoms with Gasteiger partial charge in [0.1, 0.15) is 16.5 Å². The molecule has 10 nitrogen and oxygen atoms in total. The normalized spacial score (nSPS) is 11.9. The molecular formula is C25H29FN4O6S. The summed E-state index contributed by atoms with van der Waals surface area (Å²) in [4.78, 5) is 24.0. The van der Waals surface area contributed by atoms with Crippen LogP contribution in [0.5, 0.6) is 11.6 Å². The number of sulfonamides is 1. The fourth-order valence-electron chi connectivity index (χ4n) is 3.51. The molecule has 0 unspecified atom stereocenters. The number of anilines is 1. The minimum Gasteiger partial charge on any atom is -0.476 e. The van der Waals surface area contributed by atoms with Crippen LogP contribution in [0.4, 0.5) is 10.1 Å². The zero-order valence-corrected chi connectivity index (χ0v) is 22.2. The van der Waals surface area contributed by atoms with Crippen molar-refractivity contribution >= 4 is 27.6 Å². The van der Waals surface area contributed by atoms with Gasteiger partial charge < -0.3 is 15.2 Å². The molecular weight excluding hydrogens is 503 g/mol. The number of aromatic nitrogens is 2. The fourth-order valence-corrected chi connectivity index (χ4v) is 5.09. The average Bonchev–Trinajstić information content (AvgIpc) is 3.10. The predicted octanol–water partition coefficient (Wildman–Crippen LogP) is 4.48. The average molecular weight is 533 g/mol. The van der Waals surface area contributed by atoms with Crippen LogP contribution in [0.15, 0.2) is 41.3 Å². The highest BCUT2D eigenvalue weighted by atomic mass is 32.2. The van der Waals surface area contributed by atoms with Crippen molar-refractivity contribution < 1.29 is 32.2 Å². The summed E-state index contributed by atoms with van der Waals surface area (Å²) in [6.45, 7) is 10.1. The summed E-state index contributed by atoms with van der Waals surface area (Å²) in [6, 6.07) is 7.92. The van der Waals surface area contributed by atoms with Gasteiger partial charge in [-0.15, -0.1) is 0 Å². The second-order valence-electron chi connectivity index (χ2n) is 9.44. The Morgan fingerprint density at radius 3 is 2.38 bits per heavy atom. The Labute approximate surface area is 214 Å². The number of carboxylic acids is 1. The summed E-state index contributed by atoms with van der Waals surface area (Å²) >= 11 is 0. The van der Waals surface area contributed by atoms with E-state index in [9.17, 15) is 27.5 Å². The Morgan fingerprint density at radius 2 is 1.81 bits per heavy atom. The van der Waals surface area contributed by atoms with Crippen molar-refractivity contribution in [2.75, 3.05) is 5.32 Å². The molecule has 0 aliphatic carbocycles. The van der Waals surface area contributed by atoms with E-state index in [1.54, 1.807) is 27.7 Å². The molecule has 0 aliphatic heterocycles. The van der Waals surface area contributed by atoms with Crippen molar-refractivity contribution in [3.63, 3.8) is 0 Å². The third-order valence-electron chi connectivity index (χ3n) is 5.19. The minimum absolute atomic E-state index is 0.0747. The van der Waals surface area contributed by atoms with Gasteiger partial charge in [0.25, 0.3) is 5.91 Å². The van der Waals surface area contributed by atoms with Crippen molar-refractivity contribution in [3.8, 4) is 11.6 Å². The molecule has 3 rings (SSSR count). The van der Waals surface area contributed by atoms with Gasteiger partial charge in [-0.3, -0.25) is 4.79 Å². The molecule has 0 saturated carbocycles. The van der Waals surface area contributed by atoms with Crippen LogP contribution in [0.1, 0.15) is 59.7 Å². The molecule has 1 amide bonds. The lowest BCUT2D eigenvalue weighted by Crippen LogP contribution is -2.40. The minimum atomic E-state index is -4.17. The van der Waals surface area contributed by atoms with E-state index in [2.05, 4.69) is 15.1 Å². The van der Waals surface area contributed by atoms with Gasteiger partial charge in [-0.1, -0.05) is 0 Å². The van der Waals surface area contributed by atoms with E-state index in [4.69, 9.17) is 4.74 Å². The summed E-state index contributed by atoms with van der Waals surface area (Å²) in [5, 5.41) is 16.1. The van der Waals surface area contributed by atoms with Crippen LogP contribution >= 0.6 is 0 Å². The van der Waals surface area contributed by atoms with E-state index in [0.717, 1.165) is 0 Å². The number of hydrogen-bond donors (Lipinski definition) is 3. The maximum Gasteiger partial charge on any atom is 0.356 e. The van der Waals surface area contributed by atoms with Gasteiger partial charge in [0.15, 0.2) is 5.69 Å². The summed E-state index contributed by atoms with van der Waals surface area (Å²) in [6.07, 6.45) is 0. The molecule has 2 aromatic carbocycles. The molecule has 1 heterocycles. The van der Waals surface area contributed by atoms with Crippen LogP contribution in [0.3, 0.4) is 0 Å². The van der Waals surface area contributed by atoms with Crippen LogP contribution in [0, 0.1) is 19.7 Å². The number of hydrogen-bond acceptors (Lipinski definition) is 6. The highest BCUT2D eigenvalue weighted by Gasteiger charge is 2.28. The Bertz CT molecular complexity index is 1480. The van der Waals surface area contributed by atoms with Gasteiger partial charge in [-0.25, -0.2) is 27.0 Å². The first-order valence-corrected chi connectivity index (χ1v) is 12.9. The Morgan fingerprint density at radius 1 is 1.14 bits per heavy atom. The van der Waals surface area contributed by atoms with E-state index in [0.29, 0.717) is 0 Å². The smallest absolute Gasteiger partial charge is 0.356 e. The number of aromatic carboxylic acids is 1. The van der Waals surface area contributed by atoms with Gasteiger partial charge in [0.2, 0.25) is 15.9 Å². The molecule has 0 radical (unpaired) electrons. The fraction of sp³-hybridized carbons (Fsp3) is 0.320. The lowest BCUT2D eigenvalue weighted by Gasteiger charge is -2.22. The summed E-state index contributed by atoms with van der Waals surface area (Å²) < 4.78 is 50.1. The zero-order valence-electron chi connectivity index (χ0n) is 21.3. The molecule has 0 atom stereocenters. The van der Waals surface area contributed by atoms with Gasteiger partial charge in [0.05, 0.1) is 0 Å². The lowest BCUT2D eigenvalue weighted by atomic mass is 10.1. The number of carboxylic acid groups (broad SMARTS) is 1. The number of ether oxygens (including phenoxy) is 1. The molecule has 0 spiro atoms. The van der Waals surface area contributed by atoms with Crippen molar-refractivity contribution in [1.29, 1.82) is 0 Å². The molecule has 37 heavy (non-hydrogen) atoms. The molecule has 1 aromatic heterocycles. The van der Waals surface area contributed by atoms with E-state index in [1.807, 2.05) is 0 Å². The molecule has 0 fully saturated rings. The lowest BCUT2D eigenvalue weighted by molar-refractivity contribution is 0.0688. The molecule has 3 N–H and O–H groups in total. The number of rotatable bonds is 8. The number of amides is 1. The highest BCUT2D eigenvalue weighted by Crippen LogP contribution is 2.34. The zero-order chi connectivity index (χ0) is 27.7. The summed E-state index contributed by atoms with van der Waals surface area (Å²) in [5.74, 6) is -2.28. The van der Waals surface area contributed by atoms with Crippen LogP contribution in [0.2, 0.25) is 0 Å². The van der Waals surface area contributed by atoms with Crippen LogP contribution < -0.4 is 14.8 Å². The number of carbonyl (C=O) groups is 2. The number of carbonyl (C=O) groups excluding carboxylic acids is 1. The molecule has 3 aromatic rings. The molecule has 0 saturated heterocycles. The van der Waals surface area contributed by atoms with Crippen molar-refractivity contribution in [2.24, 2.45) is 0 Å². The second kappa shape index (κ2) is 10.3. The van der Waals surface area contributed by atoms with Crippen LogP contribution in [0.25, 0.3) is 0 Å². The predicted molar refractivity (Wildman–Crippen MR) is 135 cm³/mol. The van der Waals surface area contributed by atoms with Crippen LogP contribution in [-0.4, -0.2) is 40.7 Å². The summed E-state index contributed by atoms with van der Waals surface area (Å²) in [5.41, 5.74) is -0.185. The van der Waals surface area contributed by atoms with E-state index in [1.165, 1.54) is 54.9 Å².